The number of carbonyl (C=O) groups excluding carboxylic acids is 1. The smallest absolute Gasteiger partial charge is 0.251 e. The van der Waals surface area contributed by atoms with Gasteiger partial charge in [-0.05, 0) is 18.9 Å². The van der Waals surface area contributed by atoms with Gasteiger partial charge in [-0.15, -0.1) is 0 Å². The number of rotatable bonds is 5. The quantitative estimate of drug-likeness (QED) is 0.881. The Kier molecular flexibility index (Phi) is 5.45. The molecule has 0 saturated carbocycles. The lowest BCUT2D eigenvalue weighted by molar-refractivity contribution is -0.141. The molecule has 1 aromatic carbocycles. The molecule has 7 heteroatoms. The molecule has 1 aromatic heterocycles. The van der Waals surface area contributed by atoms with E-state index in [1.54, 1.807) is 4.90 Å². The van der Waals surface area contributed by atoms with Gasteiger partial charge in [-0.25, -0.2) is 0 Å². The SMILES string of the molecule is CCc1ccc(-c2noc(CN3CCN(C(=O)C(C)O)CC3)n2)cc1. The highest BCUT2D eigenvalue weighted by atomic mass is 16.5. The molecule has 1 aliphatic heterocycles. The maximum Gasteiger partial charge on any atom is 0.251 e. The molecule has 1 aliphatic rings. The molecule has 7 nitrogen and oxygen atoms in total. The zero-order valence-corrected chi connectivity index (χ0v) is 14.7. The molecular formula is C18H24N4O3. The third kappa shape index (κ3) is 4.24. The zero-order valence-electron chi connectivity index (χ0n) is 14.7. The van der Waals surface area contributed by atoms with Crippen molar-refractivity contribution in [2.24, 2.45) is 0 Å². The normalized spacial score (nSPS) is 16.8. The fraction of sp³-hybridized carbons (Fsp3) is 0.500. The molecule has 1 amide bonds. The first-order valence-electron chi connectivity index (χ1n) is 8.68. The average Bonchev–Trinajstić information content (AvgIpc) is 3.10. The summed E-state index contributed by atoms with van der Waals surface area (Å²) in [6, 6.07) is 8.16. The predicted molar refractivity (Wildman–Crippen MR) is 92.6 cm³/mol. The zero-order chi connectivity index (χ0) is 17.8. The first-order valence-corrected chi connectivity index (χ1v) is 8.68. The van der Waals surface area contributed by atoms with E-state index in [4.69, 9.17) is 4.52 Å². The second kappa shape index (κ2) is 7.76. The monoisotopic (exact) mass is 344 g/mol. The lowest BCUT2D eigenvalue weighted by atomic mass is 10.1. The number of hydrogen-bond acceptors (Lipinski definition) is 6. The first kappa shape index (κ1) is 17.6. The molecule has 2 heterocycles. The minimum Gasteiger partial charge on any atom is -0.384 e. The summed E-state index contributed by atoms with van der Waals surface area (Å²) in [6.07, 6.45) is 0.0607. The molecule has 1 saturated heterocycles. The molecule has 0 spiro atoms. The van der Waals surface area contributed by atoms with E-state index in [2.05, 4.69) is 34.1 Å². The van der Waals surface area contributed by atoms with Crippen molar-refractivity contribution >= 4 is 5.91 Å². The van der Waals surface area contributed by atoms with Crippen LogP contribution in [0, 0.1) is 0 Å². The number of aliphatic hydroxyl groups excluding tert-OH is 1. The Hall–Kier alpha value is -2.25. The topological polar surface area (TPSA) is 82.7 Å². The van der Waals surface area contributed by atoms with Crippen molar-refractivity contribution in [1.82, 2.24) is 19.9 Å². The van der Waals surface area contributed by atoms with Gasteiger partial charge in [-0.1, -0.05) is 36.3 Å². The summed E-state index contributed by atoms with van der Waals surface area (Å²) in [5.74, 6) is 0.959. The number of aliphatic hydroxyl groups is 1. The van der Waals surface area contributed by atoms with Gasteiger partial charge < -0.3 is 14.5 Å². The van der Waals surface area contributed by atoms with Crippen LogP contribution in [0.15, 0.2) is 28.8 Å². The molecule has 1 atom stereocenters. The number of benzene rings is 1. The van der Waals surface area contributed by atoms with Crippen molar-refractivity contribution in [2.75, 3.05) is 26.2 Å². The highest BCUT2D eigenvalue weighted by Crippen LogP contribution is 2.18. The van der Waals surface area contributed by atoms with Crippen LogP contribution in [0.5, 0.6) is 0 Å². The second-order valence-electron chi connectivity index (χ2n) is 6.34. The largest absolute Gasteiger partial charge is 0.384 e. The van der Waals surface area contributed by atoms with Gasteiger partial charge in [0.05, 0.1) is 6.54 Å². The van der Waals surface area contributed by atoms with E-state index in [0.717, 1.165) is 25.1 Å². The molecule has 3 rings (SSSR count). The van der Waals surface area contributed by atoms with Gasteiger partial charge >= 0.3 is 0 Å². The standard InChI is InChI=1S/C18H24N4O3/c1-3-14-4-6-15(7-5-14)17-19-16(25-20-17)12-21-8-10-22(11-9-21)18(24)13(2)23/h4-7,13,23H,3,8-12H2,1-2H3. The van der Waals surface area contributed by atoms with Crippen molar-refractivity contribution < 1.29 is 14.4 Å². The third-order valence-corrected chi connectivity index (χ3v) is 4.49. The number of aryl methyl sites for hydroxylation is 1. The lowest BCUT2D eigenvalue weighted by Crippen LogP contribution is -2.50. The number of carbonyl (C=O) groups is 1. The molecule has 1 unspecified atom stereocenters. The van der Waals surface area contributed by atoms with Gasteiger partial charge in [-0.3, -0.25) is 9.69 Å². The number of nitrogens with zero attached hydrogens (tertiary/aromatic N) is 4. The summed E-state index contributed by atoms with van der Waals surface area (Å²) in [6.45, 7) is 6.84. The summed E-state index contributed by atoms with van der Waals surface area (Å²) in [7, 11) is 0. The Morgan fingerprint density at radius 3 is 2.52 bits per heavy atom. The molecule has 25 heavy (non-hydrogen) atoms. The number of amides is 1. The van der Waals surface area contributed by atoms with E-state index in [1.807, 2.05) is 12.1 Å². The molecule has 1 fully saturated rings. The molecule has 0 radical (unpaired) electrons. The Bertz CT molecular complexity index is 703. The molecule has 134 valence electrons. The Morgan fingerprint density at radius 2 is 1.92 bits per heavy atom. The van der Waals surface area contributed by atoms with Gasteiger partial charge in [0.1, 0.15) is 6.10 Å². The van der Waals surface area contributed by atoms with E-state index >= 15 is 0 Å². The van der Waals surface area contributed by atoms with Gasteiger partial charge in [0.25, 0.3) is 5.91 Å². The predicted octanol–water partition coefficient (Wildman–Crippen LogP) is 1.32. The highest BCUT2D eigenvalue weighted by molar-refractivity contribution is 5.80. The van der Waals surface area contributed by atoms with Gasteiger partial charge in [0.2, 0.25) is 11.7 Å². The summed E-state index contributed by atoms with van der Waals surface area (Å²) >= 11 is 0. The molecule has 0 aliphatic carbocycles. The Balaban J connectivity index is 1.56. The van der Waals surface area contributed by atoms with Crippen molar-refractivity contribution in [3.05, 3.63) is 35.7 Å². The average molecular weight is 344 g/mol. The van der Waals surface area contributed by atoms with Crippen LogP contribution in [-0.2, 0) is 17.8 Å². The fourth-order valence-corrected chi connectivity index (χ4v) is 2.91. The van der Waals surface area contributed by atoms with Crippen LogP contribution < -0.4 is 0 Å². The van der Waals surface area contributed by atoms with Crippen molar-refractivity contribution in [2.45, 2.75) is 32.9 Å². The van der Waals surface area contributed by atoms with Crippen molar-refractivity contribution in [1.29, 1.82) is 0 Å². The van der Waals surface area contributed by atoms with Crippen LogP contribution >= 0.6 is 0 Å². The van der Waals surface area contributed by atoms with E-state index < -0.39 is 6.10 Å². The minimum absolute atomic E-state index is 0.213. The Labute approximate surface area is 147 Å². The maximum atomic E-state index is 11.8. The van der Waals surface area contributed by atoms with E-state index in [0.29, 0.717) is 31.3 Å². The van der Waals surface area contributed by atoms with Crippen LogP contribution in [0.1, 0.15) is 25.3 Å². The number of hydrogen-bond donors (Lipinski definition) is 1. The van der Waals surface area contributed by atoms with E-state index in [-0.39, 0.29) is 5.91 Å². The van der Waals surface area contributed by atoms with Gasteiger partial charge in [0, 0.05) is 31.7 Å². The van der Waals surface area contributed by atoms with Crippen LogP contribution in [-0.4, -0.2) is 63.2 Å². The van der Waals surface area contributed by atoms with E-state index in [1.165, 1.54) is 12.5 Å². The van der Waals surface area contributed by atoms with Crippen LogP contribution in [0.4, 0.5) is 0 Å². The van der Waals surface area contributed by atoms with Crippen molar-refractivity contribution in [3.63, 3.8) is 0 Å². The van der Waals surface area contributed by atoms with Gasteiger partial charge in [0.15, 0.2) is 0 Å². The van der Waals surface area contributed by atoms with E-state index in [9.17, 15) is 9.90 Å². The summed E-state index contributed by atoms with van der Waals surface area (Å²) < 4.78 is 5.37. The molecule has 2 aromatic rings. The number of aromatic nitrogens is 2. The summed E-state index contributed by atoms with van der Waals surface area (Å²) in [4.78, 5) is 20.1. The van der Waals surface area contributed by atoms with Gasteiger partial charge in [-0.2, -0.15) is 4.98 Å². The fourth-order valence-electron chi connectivity index (χ4n) is 2.91. The first-order chi connectivity index (χ1) is 12.1. The highest BCUT2D eigenvalue weighted by Gasteiger charge is 2.24. The molecule has 0 bridgehead atoms. The van der Waals surface area contributed by atoms with Crippen molar-refractivity contribution in [3.8, 4) is 11.4 Å². The van der Waals surface area contributed by atoms with Crippen LogP contribution in [0.2, 0.25) is 0 Å². The summed E-state index contributed by atoms with van der Waals surface area (Å²) in [5, 5.41) is 13.4. The maximum absolute atomic E-state index is 11.8. The number of piperazine rings is 1. The third-order valence-electron chi connectivity index (χ3n) is 4.49. The lowest BCUT2D eigenvalue weighted by Gasteiger charge is -2.34. The second-order valence-corrected chi connectivity index (χ2v) is 6.34. The van der Waals surface area contributed by atoms with Crippen LogP contribution in [0.3, 0.4) is 0 Å². The van der Waals surface area contributed by atoms with Crippen LogP contribution in [0.25, 0.3) is 11.4 Å². The molecular weight excluding hydrogens is 320 g/mol. The Morgan fingerprint density at radius 1 is 1.24 bits per heavy atom. The minimum atomic E-state index is -0.941. The summed E-state index contributed by atoms with van der Waals surface area (Å²) in [5.41, 5.74) is 2.22. The molecule has 1 N–H and O–H groups in total.